The van der Waals surface area contributed by atoms with E-state index in [4.69, 9.17) is 5.11 Å². The molecule has 2 aliphatic rings. The third kappa shape index (κ3) is 4.41. The Bertz CT molecular complexity index is 249. The second kappa shape index (κ2) is 7.97. The molecule has 0 aromatic rings. The van der Waals surface area contributed by atoms with Crippen molar-refractivity contribution in [2.24, 2.45) is 11.8 Å². The van der Waals surface area contributed by atoms with E-state index in [1.807, 2.05) is 0 Å². The maximum absolute atomic E-state index is 12.0. The van der Waals surface area contributed by atoms with Crippen molar-refractivity contribution in [3.8, 4) is 0 Å². The number of hydrogen-bond acceptors (Lipinski definition) is 3. The smallest absolute Gasteiger partial charge is 0.224 e. The van der Waals surface area contributed by atoms with Gasteiger partial charge in [0.05, 0.1) is 5.92 Å². The van der Waals surface area contributed by atoms with Crippen LogP contribution >= 0.6 is 12.4 Å². The minimum atomic E-state index is 0. The molecule has 1 saturated carbocycles. The van der Waals surface area contributed by atoms with Gasteiger partial charge in [-0.2, -0.15) is 0 Å². The molecule has 1 atom stereocenters. The van der Waals surface area contributed by atoms with Crippen LogP contribution in [0.2, 0.25) is 0 Å². The van der Waals surface area contributed by atoms with Crippen LogP contribution in [0.4, 0.5) is 0 Å². The molecule has 1 amide bonds. The summed E-state index contributed by atoms with van der Waals surface area (Å²) in [4.78, 5) is 12.0. The van der Waals surface area contributed by atoms with E-state index in [0.29, 0.717) is 18.6 Å². The van der Waals surface area contributed by atoms with Gasteiger partial charge in [-0.3, -0.25) is 4.79 Å². The second-order valence-electron chi connectivity index (χ2n) is 5.45. The molecular weight excluding hydrogens is 252 g/mol. The molecule has 0 unspecified atom stereocenters. The monoisotopic (exact) mass is 276 g/mol. The van der Waals surface area contributed by atoms with Crippen molar-refractivity contribution in [1.82, 2.24) is 10.6 Å². The SMILES string of the molecule is Cl.O=C(NC1CCC(CO)CC1)[C@H]1CCCNC1. The number of amides is 1. The molecule has 1 aliphatic heterocycles. The van der Waals surface area contributed by atoms with Gasteiger partial charge in [0, 0.05) is 19.2 Å². The molecule has 0 aromatic carbocycles. The summed E-state index contributed by atoms with van der Waals surface area (Å²) in [5.74, 6) is 0.850. The second-order valence-corrected chi connectivity index (χ2v) is 5.45. The van der Waals surface area contributed by atoms with Crippen LogP contribution in [0, 0.1) is 11.8 Å². The molecule has 18 heavy (non-hydrogen) atoms. The number of carbonyl (C=O) groups excluding carboxylic acids is 1. The standard InChI is InChI=1S/C13H24N2O2.ClH/c16-9-10-3-5-12(6-4-10)15-13(17)11-2-1-7-14-8-11;/h10-12,14,16H,1-9H2,(H,15,17);1H/t10?,11-,12?;/m0./s1. The van der Waals surface area contributed by atoms with Gasteiger partial charge < -0.3 is 15.7 Å². The number of halogens is 1. The van der Waals surface area contributed by atoms with Crippen molar-refractivity contribution in [2.45, 2.75) is 44.6 Å². The molecule has 2 fully saturated rings. The van der Waals surface area contributed by atoms with E-state index in [9.17, 15) is 4.79 Å². The summed E-state index contributed by atoms with van der Waals surface area (Å²) < 4.78 is 0. The Morgan fingerprint density at radius 3 is 2.50 bits per heavy atom. The molecule has 1 heterocycles. The Hall–Kier alpha value is -0.320. The van der Waals surface area contributed by atoms with Crippen molar-refractivity contribution >= 4 is 18.3 Å². The number of hydrogen-bond donors (Lipinski definition) is 3. The highest BCUT2D eigenvalue weighted by molar-refractivity contribution is 5.85. The Labute approximate surface area is 115 Å². The zero-order chi connectivity index (χ0) is 12.1. The van der Waals surface area contributed by atoms with Crippen LogP contribution in [0.3, 0.4) is 0 Å². The lowest BCUT2D eigenvalue weighted by atomic mass is 9.86. The average Bonchev–Trinajstić information content (AvgIpc) is 2.40. The zero-order valence-corrected chi connectivity index (χ0v) is 11.7. The van der Waals surface area contributed by atoms with E-state index < -0.39 is 0 Å². The third-order valence-electron chi connectivity index (χ3n) is 4.12. The quantitative estimate of drug-likeness (QED) is 0.723. The van der Waals surface area contributed by atoms with E-state index in [2.05, 4.69) is 10.6 Å². The predicted octanol–water partition coefficient (Wildman–Crippen LogP) is 1.08. The summed E-state index contributed by atoms with van der Waals surface area (Å²) in [6.45, 7) is 2.18. The molecule has 4 nitrogen and oxygen atoms in total. The minimum Gasteiger partial charge on any atom is -0.396 e. The Kier molecular flexibility index (Phi) is 6.97. The molecule has 0 bridgehead atoms. The zero-order valence-electron chi connectivity index (χ0n) is 10.9. The van der Waals surface area contributed by atoms with Gasteiger partial charge in [0.15, 0.2) is 0 Å². The highest BCUT2D eigenvalue weighted by Crippen LogP contribution is 2.24. The van der Waals surface area contributed by atoms with Gasteiger partial charge in [-0.05, 0) is 51.0 Å². The van der Waals surface area contributed by atoms with Crippen LogP contribution in [-0.2, 0) is 4.79 Å². The van der Waals surface area contributed by atoms with Crippen molar-refractivity contribution in [1.29, 1.82) is 0 Å². The van der Waals surface area contributed by atoms with Crippen molar-refractivity contribution in [3.63, 3.8) is 0 Å². The molecule has 1 saturated heterocycles. The lowest BCUT2D eigenvalue weighted by Gasteiger charge is -2.30. The minimum absolute atomic E-state index is 0. The lowest BCUT2D eigenvalue weighted by Crippen LogP contribution is -2.45. The average molecular weight is 277 g/mol. The summed E-state index contributed by atoms with van der Waals surface area (Å²) in [6, 6.07) is 0.340. The summed E-state index contributed by atoms with van der Waals surface area (Å²) in [6.07, 6.45) is 6.27. The number of aliphatic hydroxyl groups is 1. The predicted molar refractivity (Wildman–Crippen MR) is 73.8 cm³/mol. The van der Waals surface area contributed by atoms with E-state index in [-0.39, 0.29) is 24.2 Å². The van der Waals surface area contributed by atoms with E-state index >= 15 is 0 Å². The molecule has 3 N–H and O–H groups in total. The van der Waals surface area contributed by atoms with Gasteiger partial charge in [0.2, 0.25) is 5.91 Å². The number of nitrogens with one attached hydrogen (secondary N) is 2. The first kappa shape index (κ1) is 15.7. The normalized spacial score (nSPS) is 32.4. The first-order chi connectivity index (χ1) is 8.29. The van der Waals surface area contributed by atoms with Crippen LogP contribution in [-0.4, -0.2) is 36.8 Å². The first-order valence-corrected chi connectivity index (χ1v) is 6.91. The number of aliphatic hydroxyl groups excluding tert-OH is 1. The van der Waals surface area contributed by atoms with E-state index in [1.165, 1.54) is 0 Å². The van der Waals surface area contributed by atoms with Crippen LogP contribution in [0.25, 0.3) is 0 Å². The van der Waals surface area contributed by atoms with E-state index in [0.717, 1.165) is 51.6 Å². The van der Waals surface area contributed by atoms with Crippen LogP contribution in [0.1, 0.15) is 38.5 Å². The van der Waals surface area contributed by atoms with Gasteiger partial charge in [0.1, 0.15) is 0 Å². The fraction of sp³-hybridized carbons (Fsp3) is 0.923. The van der Waals surface area contributed by atoms with E-state index in [1.54, 1.807) is 0 Å². The fourth-order valence-corrected chi connectivity index (χ4v) is 2.88. The maximum Gasteiger partial charge on any atom is 0.224 e. The molecule has 2 rings (SSSR count). The summed E-state index contributed by atoms with van der Waals surface area (Å²) in [5, 5.41) is 15.5. The van der Waals surface area contributed by atoms with Crippen LogP contribution in [0.15, 0.2) is 0 Å². The van der Waals surface area contributed by atoms with Crippen LogP contribution < -0.4 is 10.6 Å². The molecule has 1 aliphatic carbocycles. The number of carbonyl (C=O) groups is 1. The summed E-state index contributed by atoms with van der Waals surface area (Å²) in [5.41, 5.74) is 0. The van der Waals surface area contributed by atoms with Crippen molar-refractivity contribution in [3.05, 3.63) is 0 Å². The fourth-order valence-electron chi connectivity index (χ4n) is 2.88. The molecular formula is C13H25ClN2O2. The molecule has 0 aromatic heterocycles. The Morgan fingerprint density at radius 1 is 1.22 bits per heavy atom. The Balaban J connectivity index is 0.00000162. The largest absolute Gasteiger partial charge is 0.396 e. The molecule has 0 spiro atoms. The number of piperidine rings is 1. The Morgan fingerprint density at radius 2 is 1.94 bits per heavy atom. The van der Waals surface area contributed by atoms with Gasteiger partial charge in [-0.1, -0.05) is 0 Å². The molecule has 0 radical (unpaired) electrons. The van der Waals surface area contributed by atoms with Crippen molar-refractivity contribution in [2.75, 3.05) is 19.7 Å². The lowest BCUT2D eigenvalue weighted by molar-refractivity contribution is -0.126. The third-order valence-corrected chi connectivity index (χ3v) is 4.12. The molecule has 5 heteroatoms. The summed E-state index contributed by atoms with van der Waals surface area (Å²) in [7, 11) is 0. The molecule has 106 valence electrons. The topological polar surface area (TPSA) is 61.4 Å². The van der Waals surface area contributed by atoms with Gasteiger partial charge >= 0.3 is 0 Å². The van der Waals surface area contributed by atoms with Gasteiger partial charge in [-0.25, -0.2) is 0 Å². The van der Waals surface area contributed by atoms with Crippen LogP contribution in [0.5, 0.6) is 0 Å². The van der Waals surface area contributed by atoms with Gasteiger partial charge in [0.25, 0.3) is 0 Å². The van der Waals surface area contributed by atoms with Gasteiger partial charge in [-0.15, -0.1) is 12.4 Å². The first-order valence-electron chi connectivity index (χ1n) is 6.91. The highest BCUT2D eigenvalue weighted by atomic mass is 35.5. The number of rotatable bonds is 3. The highest BCUT2D eigenvalue weighted by Gasteiger charge is 2.26. The maximum atomic E-state index is 12.0. The van der Waals surface area contributed by atoms with Crippen molar-refractivity contribution < 1.29 is 9.90 Å². The summed E-state index contributed by atoms with van der Waals surface area (Å²) >= 11 is 0.